The summed E-state index contributed by atoms with van der Waals surface area (Å²) in [7, 11) is -9.90. The lowest BCUT2D eigenvalue weighted by molar-refractivity contribution is 0.161. The fraction of sp³-hybridized carbons (Fsp3) is 1.00. The lowest BCUT2D eigenvalue weighted by Gasteiger charge is -2.35. The van der Waals surface area contributed by atoms with Gasteiger partial charge in [0.1, 0.15) is 0 Å². The van der Waals surface area contributed by atoms with Crippen molar-refractivity contribution in [3.63, 3.8) is 0 Å². The molecule has 1 saturated heterocycles. The van der Waals surface area contributed by atoms with Crippen LogP contribution in [0.4, 0.5) is 0 Å². The maximum Gasteiger partial charge on any atom is 0.211 e. The Balaban J connectivity index is 3.11. The number of nitrogens with zero attached hydrogens (tertiary/aromatic N) is 3. The van der Waals surface area contributed by atoms with Gasteiger partial charge >= 0.3 is 0 Å². The normalized spacial score (nSPS) is 27.2. The van der Waals surface area contributed by atoms with E-state index in [4.69, 9.17) is 5.73 Å². The van der Waals surface area contributed by atoms with E-state index < -0.39 is 22.1 Å². The zero-order valence-electron chi connectivity index (χ0n) is 17.9. The van der Waals surface area contributed by atoms with Crippen LogP contribution in [0.5, 0.6) is 0 Å². The van der Waals surface area contributed by atoms with Gasteiger partial charge in [0.05, 0.1) is 18.9 Å². The largest absolute Gasteiger partial charge is 0.344 e. The molecule has 4 atom stereocenters. The van der Waals surface area contributed by atoms with Gasteiger partial charge in [-0.2, -0.15) is 0 Å². The summed E-state index contributed by atoms with van der Waals surface area (Å²) in [4.78, 5) is 35.4. The molecule has 1 rings (SSSR count). The van der Waals surface area contributed by atoms with Gasteiger partial charge in [-0.3, -0.25) is 28.4 Å². The molecule has 0 bridgehead atoms. The molecule has 13 heteroatoms. The van der Waals surface area contributed by atoms with Crippen LogP contribution in [0.25, 0.3) is 0 Å². The van der Waals surface area contributed by atoms with Crippen LogP contribution in [0.3, 0.4) is 0 Å². The molecule has 1 aliphatic heterocycles. The van der Waals surface area contributed by atoms with Crippen molar-refractivity contribution in [3.05, 3.63) is 0 Å². The van der Waals surface area contributed by atoms with Crippen molar-refractivity contribution < 1.29 is 28.4 Å². The van der Waals surface area contributed by atoms with Crippen molar-refractivity contribution >= 4 is 22.1 Å². The average molecular weight is 476 g/mol. The Morgan fingerprint density at radius 1 is 0.793 bits per heavy atom. The van der Waals surface area contributed by atoms with Gasteiger partial charge in [-0.05, 0) is 19.4 Å². The summed E-state index contributed by atoms with van der Waals surface area (Å²) < 4.78 is 36.1. The molecule has 1 fully saturated rings. The highest BCUT2D eigenvalue weighted by Gasteiger charge is 2.30. The van der Waals surface area contributed by atoms with Crippen molar-refractivity contribution in [1.82, 2.24) is 14.7 Å². The minimum Gasteiger partial charge on any atom is -0.344 e. The minimum atomic E-state index is -3.32. The first-order valence-corrected chi connectivity index (χ1v) is 16.8. The second kappa shape index (κ2) is 11.9. The van der Waals surface area contributed by atoms with Crippen molar-refractivity contribution in [2.45, 2.75) is 25.3 Å². The van der Waals surface area contributed by atoms with Crippen molar-refractivity contribution in [1.29, 1.82) is 0 Å². The zero-order chi connectivity index (χ0) is 22.3. The van der Waals surface area contributed by atoms with Gasteiger partial charge in [0.25, 0.3) is 0 Å². The standard InChI is InChI=1S/C16H39N4O6P3/c1-27(21,22)13-18-8-9-19(14-28(2,23)24)12-16(6-4-5-7-17)20(11-10-18)15-29(3,25)26/h16H,4-15,17H2,1-3H3,(H,21,22)(H,23,24)(H,25,26)/t16-/m0/s1. The van der Waals surface area contributed by atoms with Crippen LogP contribution in [0.15, 0.2) is 0 Å². The summed E-state index contributed by atoms with van der Waals surface area (Å²) in [5.74, 6) is 0. The summed E-state index contributed by atoms with van der Waals surface area (Å²) in [5, 5.41) is 0. The summed E-state index contributed by atoms with van der Waals surface area (Å²) in [6.07, 6.45) is 2.53. The van der Waals surface area contributed by atoms with Gasteiger partial charge in [0.2, 0.25) is 22.1 Å². The minimum absolute atomic E-state index is 0.0216. The number of hydrogen-bond donors (Lipinski definition) is 4. The highest BCUT2D eigenvalue weighted by molar-refractivity contribution is 7.57. The van der Waals surface area contributed by atoms with Crippen LogP contribution in [0.2, 0.25) is 0 Å². The van der Waals surface area contributed by atoms with E-state index >= 15 is 0 Å². The first kappa shape index (κ1) is 27.4. The highest BCUT2D eigenvalue weighted by atomic mass is 31.2. The molecule has 0 saturated carbocycles. The topological polar surface area (TPSA) is 148 Å². The van der Waals surface area contributed by atoms with E-state index in [2.05, 4.69) is 0 Å². The van der Waals surface area contributed by atoms with E-state index in [0.29, 0.717) is 39.3 Å². The molecule has 0 aromatic heterocycles. The maximum atomic E-state index is 12.2. The predicted molar refractivity (Wildman–Crippen MR) is 118 cm³/mol. The molecule has 0 spiro atoms. The van der Waals surface area contributed by atoms with E-state index in [-0.39, 0.29) is 24.9 Å². The van der Waals surface area contributed by atoms with Crippen LogP contribution in [0, 0.1) is 0 Å². The molecule has 1 aliphatic rings. The lowest BCUT2D eigenvalue weighted by Crippen LogP contribution is -2.45. The SMILES string of the molecule is CP(=O)(O)CN1CCN(CP(C)(=O)O)C[C@H](CCCCN)N(CP(C)(=O)O)CC1. The van der Waals surface area contributed by atoms with E-state index in [1.165, 1.54) is 20.0 Å². The molecule has 5 N–H and O–H groups in total. The smallest absolute Gasteiger partial charge is 0.211 e. The molecule has 0 aromatic carbocycles. The fourth-order valence-electron chi connectivity index (χ4n) is 3.69. The predicted octanol–water partition coefficient (Wildman–Crippen LogP) is 0.977. The molecular formula is C16H39N4O6P3. The number of hydrogen-bond acceptors (Lipinski definition) is 7. The Morgan fingerprint density at radius 2 is 1.28 bits per heavy atom. The van der Waals surface area contributed by atoms with E-state index in [9.17, 15) is 28.4 Å². The molecule has 29 heavy (non-hydrogen) atoms. The summed E-state index contributed by atoms with van der Waals surface area (Å²) in [6, 6.07) is -0.0592. The number of unbranched alkanes of at least 4 members (excludes halogenated alkanes) is 1. The third kappa shape index (κ3) is 13.4. The quantitative estimate of drug-likeness (QED) is 0.266. The molecule has 0 amide bonds. The third-order valence-electron chi connectivity index (χ3n) is 4.78. The molecule has 0 aromatic rings. The van der Waals surface area contributed by atoms with Gasteiger partial charge in [-0.25, -0.2) is 0 Å². The zero-order valence-corrected chi connectivity index (χ0v) is 20.6. The molecule has 1 heterocycles. The third-order valence-corrected chi connectivity index (χ3v) is 7.52. The van der Waals surface area contributed by atoms with E-state index in [0.717, 1.165) is 19.3 Å². The van der Waals surface area contributed by atoms with Crippen LogP contribution >= 0.6 is 22.1 Å². The molecular weight excluding hydrogens is 437 g/mol. The van der Waals surface area contributed by atoms with Gasteiger partial charge < -0.3 is 20.4 Å². The van der Waals surface area contributed by atoms with Gasteiger partial charge in [-0.15, -0.1) is 0 Å². The van der Waals surface area contributed by atoms with Crippen LogP contribution in [0.1, 0.15) is 19.3 Å². The Morgan fingerprint density at radius 3 is 1.79 bits per heavy atom. The first-order chi connectivity index (χ1) is 13.2. The van der Waals surface area contributed by atoms with Gasteiger partial charge in [-0.1, -0.05) is 6.42 Å². The average Bonchev–Trinajstić information content (AvgIpc) is 2.56. The molecule has 0 aliphatic carbocycles. The van der Waals surface area contributed by atoms with Crippen LogP contribution in [-0.2, 0) is 13.7 Å². The van der Waals surface area contributed by atoms with Gasteiger partial charge in [0.15, 0.2) is 0 Å². The Bertz CT molecular complexity index is 634. The monoisotopic (exact) mass is 476 g/mol. The second-order valence-electron chi connectivity index (χ2n) is 8.52. The number of nitrogens with two attached hydrogens (primary N) is 1. The Labute approximate surface area is 174 Å². The van der Waals surface area contributed by atoms with E-state index in [1.54, 1.807) is 0 Å². The molecule has 174 valence electrons. The highest BCUT2D eigenvalue weighted by Crippen LogP contribution is 2.39. The maximum absolute atomic E-state index is 12.2. The summed E-state index contributed by atoms with van der Waals surface area (Å²) in [6.45, 7) is 6.98. The van der Waals surface area contributed by atoms with Crippen molar-refractivity contribution in [3.8, 4) is 0 Å². The van der Waals surface area contributed by atoms with Gasteiger partial charge in [0, 0.05) is 58.8 Å². The van der Waals surface area contributed by atoms with Crippen molar-refractivity contribution in [2.75, 3.05) is 78.1 Å². The second-order valence-corrected chi connectivity index (χ2v) is 15.7. The Kier molecular flexibility index (Phi) is 11.2. The van der Waals surface area contributed by atoms with Crippen LogP contribution in [-0.4, -0.2) is 114 Å². The number of rotatable bonds is 10. The Hall–Kier alpha value is 0.410. The fourth-order valence-corrected chi connectivity index (χ4v) is 6.76. The van der Waals surface area contributed by atoms with E-state index in [1.807, 2.05) is 14.7 Å². The first-order valence-electron chi connectivity index (χ1n) is 9.95. The lowest BCUT2D eigenvalue weighted by atomic mass is 10.1. The molecule has 3 unspecified atom stereocenters. The molecule has 0 radical (unpaired) electrons. The van der Waals surface area contributed by atoms with Crippen molar-refractivity contribution in [2.24, 2.45) is 5.73 Å². The van der Waals surface area contributed by atoms with Crippen LogP contribution < -0.4 is 5.73 Å². The summed E-state index contributed by atoms with van der Waals surface area (Å²) >= 11 is 0. The molecule has 10 nitrogen and oxygen atoms in total. The summed E-state index contributed by atoms with van der Waals surface area (Å²) in [5.41, 5.74) is 5.61.